The van der Waals surface area contributed by atoms with Crippen molar-refractivity contribution in [3.05, 3.63) is 11.0 Å². The summed E-state index contributed by atoms with van der Waals surface area (Å²) in [4.78, 5) is 14.8. The monoisotopic (exact) mass is 213 g/mol. The smallest absolute Gasteiger partial charge is 0.300 e. The van der Waals surface area contributed by atoms with Gasteiger partial charge >= 0.3 is 0 Å². The molecule has 0 spiro atoms. The minimum Gasteiger partial charge on any atom is -0.481 e. The number of allylic oxidation sites excluding steroid dienone is 1. The van der Waals surface area contributed by atoms with E-state index in [9.17, 15) is 0 Å². The van der Waals surface area contributed by atoms with Gasteiger partial charge in [0.05, 0.1) is 0 Å². The van der Waals surface area contributed by atoms with Crippen LogP contribution in [0, 0.1) is 5.92 Å². The summed E-state index contributed by atoms with van der Waals surface area (Å²) in [6.07, 6.45) is 5.44. The maximum atomic E-state index is 9.00. The molecule has 2 atom stereocenters. The van der Waals surface area contributed by atoms with Crippen LogP contribution in [0.3, 0.4) is 0 Å². The van der Waals surface area contributed by atoms with Crippen LogP contribution in [0.2, 0.25) is 0 Å². The number of carboxylic acids is 1. The Bertz CT molecular complexity index is 269. The third-order valence-corrected chi connectivity index (χ3v) is 3.36. The molecule has 2 heterocycles. The van der Waals surface area contributed by atoms with Gasteiger partial charge in [0.1, 0.15) is 0 Å². The van der Waals surface area contributed by atoms with Crippen molar-refractivity contribution in [2.75, 3.05) is 6.54 Å². The molecular formula is C10H15NO2S. The van der Waals surface area contributed by atoms with Crippen LogP contribution >= 0.6 is 11.8 Å². The van der Waals surface area contributed by atoms with Gasteiger partial charge in [-0.25, -0.2) is 0 Å². The average Bonchev–Trinajstić information content (AvgIpc) is 2.42. The van der Waals surface area contributed by atoms with Crippen molar-refractivity contribution in [1.29, 1.82) is 0 Å². The van der Waals surface area contributed by atoms with Crippen LogP contribution in [0.1, 0.15) is 20.3 Å². The Morgan fingerprint density at radius 1 is 1.71 bits per heavy atom. The van der Waals surface area contributed by atoms with Crippen LogP contribution in [-0.4, -0.2) is 29.1 Å². The molecule has 1 fully saturated rings. The number of rotatable bonds is 0. The van der Waals surface area contributed by atoms with Crippen LogP contribution in [0.4, 0.5) is 0 Å². The van der Waals surface area contributed by atoms with E-state index < -0.39 is 5.97 Å². The van der Waals surface area contributed by atoms with E-state index in [4.69, 9.17) is 9.90 Å². The van der Waals surface area contributed by atoms with Gasteiger partial charge in [-0.1, -0.05) is 6.92 Å². The first kappa shape index (κ1) is 11.3. The second kappa shape index (κ2) is 5.20. The Morgan fingerprint density at radius 2 is 2.36 bits per heavy atom. The number of aliphatic carboxylic acids is 1. The summed E-state index contributed by atoms with van der Waals surface area (Å²) in [5.41, 5.74) is 0. The maximum Gasteiger partial charge on any atom is 0.300 e. The number of hydrogen-bond acceptors (Lipinski definition) is 3. The molecule has 2 unspecified atom stereocenters. The molecule has 14 heavy (non-hydrogen) atoms. The number of thioether (sulfide) groups is 1. The summed E-state index contributed by atoms with van der Waals surface area (Å²) in [5, 5.41) is 8.23. The summed E-state index contributed by atoms with van der Waals surface area (Å²) < 4.78 is 0. The summed E-state index contributed by atoms with van der Waals surface area (Å²) in [5.74, 6) is -0.0648. The van der Waals surface area contributed by atoms with E-state index in [2.05, 4.69) is 18.0 Å². The largest absolute Gasteiger partial charge is 0.481 e. The summed E-state index contributed by atoms with van der Waals surface area (Å²) >= 11 is 2.02. The molecular weight excluding hydrogens is 198 g/mol. The molecule has 1 saturated heterocycles. The highest BCUT2D eigenvalue weighted by Gasteiger charge is 2.27. The van der Waals surface area contributed by atoms with E-state index in [-0.39, 0.29) is 0 Å². The van der Waals surface area contributed by atoms with Gasteiger partial charge in [0, 0.05) is 30.9 Å². The van der Waals surface area contributed by atoms with E-state index in [1.165, 1.54) is 6.42 Å². The first-order valence-corrected chi connectivity index (χ1v) is 5.53. The molecule has 1 N–H and O–H groups in total. The molecule has 2 aliphatic heterocycles. The molecule has 0 aromatic rings. The van der Waals surface area contributed by atoms with Crippen LogP contribution in [-0.2, 0) is 4.79 Å². The lowest BCUT2D eigenvalue weighted by atomic mass is 10.0. The van der Waals surface area contributed by atoms with Gasteiger partial charge in [-0.05, 0) is 17.4 Å². The molecule has 0 aromatic heterocycles. The lowest BCUT2D eigenvalue weighted by molar-refractivity contribution is -0.134. The van der Waals surface area contributed by atoms with Gasteiger partial charge in [-0.15, -0.1) is 11.8 Å². The van der Waals surface area contributed by atoms with Crippen molar-refractivity contribution in [3.8, 4) is 0 Å². The summed E-state index contributed by atoms with van der Waals surface area (Å²) in [7, 11) is 0. The highest BCUT2D eigenvalue weighted by Crippen LogP contribution is 2.42. The second-order valence-electron chi connectivity index (χ2n) is 3.46. The second-order valence-corrected chi connectivity index (χ2v) is 4.98. The molecule has 2 rings (SSSR count). The minimum absolute atomic E-state index is 0.769. The molecule has 0 bridgehead atoms. The Kier molecular flexibility index (Phi) is 4.20. The third kappa shape index (κ3) is 3.54. The quantitative estimate of drug-likeness (QED) is 0.671. The molecule has 0 aliphatic carbocycles. The summed E-state index contributed by atoms with van der Waals surface area (Å²) in [6.45, 7) is 4.41. The fraction of sp³-hybridized carbons (Fsp3) is 0.600. The van der Waals surface area contributed by atoms with E-state index in [0.29, 0.717) is 0 Å². The first-order valence-electron chi connectivity index (χ1n) is 4.65. The Morgan fingerprint density at radius 3 is 2.93 bits per heavy atom. The van der Waals surface area contributed by atoms with E-state index in [0.717, 1.165) is 24.6 Å². The van der Waals surface area contributed by atoms with Crippen LogP contribution in [0.5, 0.6) is 0 Å². The molecule has 2 aliphatic rings. The Hall–Kier alpha value is -0.770. The van der Waals surface area contributed by atoms with Crippen LogP contribution < -0.4 is 0 Å². The third-order valence-electron chi connectivity index (χ3n) is 2.03. The SMILES string of the molecule is CC(=O)O.CC1CC2CN=CC=C2S1. The fourth-order valence-corrected chi connectivity index (χ4v) is 2.84. The van der Waals surface area contributed by atoms with Crippen molar-refractivity contribution in [3.63, 3.8) is 0 Å². The Labute approximate surface area is 88.3 Å². The van der Waals surface area contributed by atoms with Gasteiger partial charge in [-0.3, -0.25) is 9.79 Å². The lowest BCUT2D eigenvalue weighted by Gasteiger charge is -2.09. The molecule has 0 aromatic carbocycles. The number of carbonyl (C=O) groups is 1. The molecule has 78 valence electrons. The minimum atomic E-state index is -0.833. The zero-order valence-corrected chi connectivity index (χ0v) is 9.25. The van der Waals surface area contributed by atoms with Crippen LogP contribution in [0.25, 0.3) is 0 Å². The molecule has 0 radical (unpaired) electrons. The van der Waals surface area contributed by atoms with Gasteiger partial charge in [0.25, 0.3) is 5.97 Å². The molecule has 4 heteroatoms. The van der Waals surface area contributed by atoms with E-state index in [1.807, 2.05) is 18.0 Å². The molecule has 3 nitrogen and oxygen atoms in total. The van der Waals surface area contributed by atoms with Gasteiger partial charge in [0.2, 0.25) is 0 Å². The summed E-state index contributed by atoms with van der Waals surface area (Å²) in [6, 6.07) is 0. The van der Waals surface area contributed by atoms with Gasteiger partial charge in [0.15, 0.2) is 0 Å². The number of hydrogen-bond donors (Lipinski definition) is 1. The Balaban J connectivity index is 0.000000213. The van der Waals surface area contributed by atoms with Crippen molar-refractivity contribution in [1.82, 2.24) is 0 Å². The van der Waals surface area contributed by atoms with Crippen molar-refractivity contribution >= 4 is 23.9 Å². The molecule has 0 saturated carbocycles. The highest BCUT2D eigenvalue weighted by atomic mass is 32.2. The number of carboxylic acid groups (broad SMARTS) is 1. The highest BCUT2D eigenvalue weighted by molar-refractivity contribution is 8.04. The number of dihydropyridines is 1. The predicted octanol–water partition coefficient (Wildman–Crippen LogP) is 2.19. The van der Waals surface area contributed by atoms with Gasteiger partial charge in [-0.2, -0.15) is 0 Å². The molecule has 0 amide bonds. The predicted molar refractivity (Wildman–Crippen MR) is 59.9 cm³/mol. The standard InChI is InChI=1S/C8H11NS.C2H4O2/c1-6-4-7-5-9-3-2-8(7)10-6;1-2(3)4/h2-3,6-7H,4-5H2,1H3;1H3,(H,3,4). The zero-order chi connectivity index (χ0) is 10.6. The fourth-order valence-electron chi connectivity index (χ4n) is 1.55. The average molecular weight is 213 g/mol. The van der Waals surface area contributed by atoms with Crippen molar-refractivity contribution < 1.29 is 9.90 Å². The normalized spacial score (nSPS) is 28.6. The first-order chi connectivity index (χ1) is 6.59. The lowest BCUT2D eigenvalue weighted by Crippen LogP contribution is -2.05. The van der Waals surface area contributed by atoms with Crippen molar-refractivity contribution in [2.24, 2.45) is 10.9 Å². The number of fused-ring (bicyclic) bond motifs is 1. The van der Waals surface area contributed by atoms with Gasteiger partial charge < -0.3 is 5.11 Å². The van der Waals surface area contributed by atoms with E-state index in [1.54, 1.807) is 4.91 Å². The van der Waals surface area contributed by atoms with E-state index >= 15 is 0 Å². The topological polar surface area (TPSA) is 49.7 Å². The number of aliphatic imine (C=N–C) groups is 1. The van der Waals surface area contributed by atoms with Crippen LogP contribution in [0.15, 0.2) is 16.0 Å². The van der Waals surface area contributed by atoms with Crippen molar-refractivity contribution in [2.45, 2.75) is 25.5 Å². The number of nitrogens with zero attached hydrogens (tertiary/aromatic N) is 1. The zero-order valence-electron chi connectivity index (χ0n) is 8.43. The maximum absolute atomic E-state index is 9.00.